The maximum Gasteiger partial charge on any atom is 0.276 e. The van der Waals surface area contributed by atoms with E-state index in [1.54, 1.807) is 78.6 Å². The van der Waals surface area contributed by atoms with Crippen molar-refractivity contribution in [2.75, 3.05) is 54.0 Å². The lowest BCUT2D eigenvalue weighted by Gasteiger charge is -2.45. The van der Waals surface area contributed by atoms with Crippen LogP contribution in [0.2, 0.25) is 75.3 Å². The van der Waals surface area contributed by atoms with Gasteiger partial charge in [-0.15, -0.1) is 0 Å². The van der Waals surface area contributed by atoms with E-state index in [2.05, 4.69) is 29.8 Å². The molecule has 0 radical (unpaired) electrons. The number of phenols is 3. The molecule has 141 heavy (non-hydrogen) atoms. The summed E-state index contributed by atoms with van der Waals surface area (Å²) >= 11 is 101. The number of pyridine rings is 9. The number of phenolic OH excluding ortho intramolecular Hbond substituents is 3. The molecule has 3 fully saturated rings. The number of fused-ring (bicyclic) bond motifs is 3. The number of anilines is 3. The van der Waals surface area contributed by atoms with Gasteiger partial charge in [0.15, 0.2) is 0 Å². The highest BCUT2D eigenvalue weighted by atomic mass is 35.5. The lowest BCUT2D eigenvalue weighted by molar-refractivity contribution is -0.131. The van der Waals surface area contributed by atoms with Gasteiger partial charge in [0, 0.05) is 110 Å². The van der Waals surface area contributed by atoms with Gasteiger partial charge in [-0.3, -0.25) is 57.4 Å². The van der Waals surface area contributed by atoms with Crippen LogP contribution in [0, 0.1) is 54.8 Å². The van der Waals surface area contributed by atoms with Gasteiger partial charge in [-0.25, -0.2) is 15.0 Å². The summed E-state index contributed by atoms with van der Waals surface area (Å²) in [4.78, 5) is 131. The number of nitriles is 3. The number of aromatic hydroxyl groups is 3. The molecule has 15 rings (SSSR count). The lowest BCUT2D eigenvalue weighted by Crippen LogP contribution is -2.58. The maximum atomic E-state index is 16.1. The number of nitrogens with zero attached hydrogens (tertiary/aromatic N) is 18. The van der Waals surface area contributed by atoms with Crippen LogP contribution in [0.3, 0.4) is 0 Å². The SMILES string of the molecule is C=CC(=O)N1[C@H](C)CN(c2c(C#N)c(=O)n(-c3c(C)cc(/C=C\C(=O)N4[C@H](C)CN(c5c(C#N)c(=O)n(-c6c(C)cc(/C=C\C(=O)N7[C@H](C)CN(c8c(C#N)c(=O)n(-c9c(C)ccnc9C(C)C)c9nc(-c%10c(O)c(Cl)c(Cl)c(Cl)c%10Cl)c(Cl)cc89)C[C@@H]7C)nc6C(C)C)c6nc(-c7c(O)c(Cl)c(Cl)c(Cl)c7Cl)c(Cl)cc56)C[C@@H]4C)nc3C(C)C)c3nc(-c4c(O)c(Cl)c(Cl)c(Cl)c4Cl)c(Cl)cc23)C[C@@H]1C. The monoisotopic (exact) mass is 2190 g/mol. The fourth-order valence-corrected chi connectivity index (χ4v) is 23.0. The van der Waals surface area contributed by atoms with Crippen LogP contribution in [0.4, 0.5) is 17.1 Å². The smallest absolute Gasteiger partial charge is 0.276 e. The number of halogens is 15. The van der Waals surface area contributed by atoms with Gasteiger partial charge in [0.05, 0.1) is 157 Å². The summed E-state index contributed by atoms with van der Waals surface area (Å²) in [5.74, 6) is -4.36. The molecule has 0 spiro atoms. The second-order valence-corrected chi connectivity index (χ2v) is 41.6. The minimum atomic E-state index is -0.877. The first-order valence-electron chi connectivity index (χ1n) is 43.9. The Morgan fingerprint density at radius 3 is 0.908 bits per heavy atom. The molecule has 0 saturated carbocycles. The summed E-state index contributed by atoms with van der Waals surface area (Å²) in [5, 5.41) is 65.9. The number of aryl methyl sites for hydroxylation is 3. The van der Waals surface area contributed by atoms with Crippen molar-refractivity contribution in [2.45, 2.75) is 158 Å². The second kappa shape index (κ2) is 40.6. The zero-order valence-corrected chi connectivity index (χ0v) is 88.9. The molecule has 3 amide bonds. The van der Waals surface area contributed by atoms with Crippen LogP contribution >= 0.6 is 174 Å². The summed E-state index contributed by atoms with van der Waals surface area (Å²) in [6, 6.07) is 12.5. The van der Waals surface area contributed by atoms with Crippen LogP contribution < -0.4 is 31.4 Å². The van der Waals surface area contributed by atoms with Crippen molar-refractivity contribution < 1.29 is 29.7 Å². The van der Waals surface area contributed by atoms with E-state index in [1.807, 2.05) is 79.0 Å². The summed E-state index contributed by atoms with van der Waals surface area (Å²) in [6.45, 7) is 31.3. The van der Waals surface area contributed by atoms with E-state index in [0.717, 1.165) is 0 Å². The van der Waals surface area contributed by atoms with E-state index in [0.29, 0.717) is 39.5 Å². The summed E-state index contributed by atoms with van der Waals surface area (Å²) < 4.78 is 3.77. The van der Waals surface area contributed by atoms with Crippen LogP contribution in [0.15, 0.2) is 81.8 Å². The summed E-state index contributed by atoms with van der Waals surface area (Å²) in [7, 11) is 0. The quantitative estimate of drug-likeness (QED) is 0.0433. The van der Waals surface area contributed by atoms with Crippen molar-refractivity contribution >= 4 is 254 Å². The molecular formula is C99H83Cl15N18O9. The zero-order chi connectivity index (χ0) is 103. The first-order valence-corrected chi connectivity index (χ1v) is 49.6. The van der Waals surface area contributed by atoms with Gasteiger partial charge in [0.25, 0.3) is 16.7 Å². The van der Waals surface area contributed by atoms with E-state index < -0.39 is 98.9 Å². The molecule has 728 valence electrons. The molecule has 12 aromatic rings. The van der Waals surface area contributed by atoms with Crippen LogP contribution in [-0.4, -0.2) is 167 Å². The highest BCUT2D eigenvalue weighted by Gasteiger charge is 2.43. The Labute approximate surface area is 883 Å². The Hall–Kier alpha value is -10.6. The highest BCUT2D eigenvalue weighted by molar-refractivity contribution is 6.56. The predicted octanol–water partition coefficient (Wildman–Crippen LogP) is 24.7. The minimum Gasteiger partial charge on any atom is -0.506 e. The molecule has 9 aromatic heterocycles. The Balaban J connectivity index is 0.771. The van der Waals surface area contributed by atoms with Gasteiger partial charge >= 0.3 is 0 Å². The third kappa shape index (κ3) is 18.0. The van der Waals surface area contributed by atoms with Crippen molar-refractivity contribution in [3.63, 3.8) is 0 Å². The molecule has 12 heterocycles. The number of piperazine rings is 3. The van der Waals surface area contributed by atoms with Gasteiger partial charge in [0.1, 0.15) is 84.2 Å². The normalized spacial score (nSPS) is 17.0. The number of hydrogen-bond acceptors (Lipinski definition) is 21. The Bertz CT molecular complexity index is 7760. The van der Waals surface area contributed by atoms with Gasteiger partial charge in [0.2, 0.25) is 17.7 Å². The largest absolute Gasteiger partial charge is 0.506 e. The van der Waals surface area contributed by atoms with Gasteiger partial charge in [-0.1, -0.05) is 222 Å². The molecule has 3 aliphatic rings. The number of rotatable bonds is 17. The second-order valence-electron chi connectivity index (χ2n) is 35.9. The van der Waals surface area contributed by atoms with E-state index in [1.165, 1.54) is 62.3 Å². The third-order valence-corrected chi connectivity index (χ3v) is 31.6. The molecular weight excluding hydrogens is 2120 g/mol. The molecule has 3 N–H and O–H groups in total. The van der Waals surface area contributed by atoms with Crippen molar-refractivity contribution in [3.05, 3.63) is 236 Å². The van der Waals surface area contributed by atoms with E-state index in [9.17, 15) is 35.9 Å². The van der Waals surface area contributed by atoms with Crippen LogP contribution in [0.5, 0.6) is 17.2 Å². The molecule has 6 atom stereocenters. The molecule has 3 saturated heterocycles. The van der Waals surface area contributed by atoms with Crippen molar-refractivity contribution in [3.8, 4) is 86.3 Å². The van der Waals surface area contributed by atoms with Crippen molar-refractivity contribution in [2.24, 2.45) is 0 Å². The summed E-state index contributed by atoms with van der Waals surface area (Å²) in [6.07, 6.45) is 8.60. The first kappa shape index (κ1) is 105. The molecule has 0 bridgehead atoms. The molecule has 27 nitrogen and oxygen atoms in total. The fraction of sp³-hybridized carbons (Fsp3) is 0.303. The molecule has 3 aromatic carbocycles. The fourth-order valence-electron chi connectivity index (χ4n) is 19.4. The molecule has 0 unspecified atom stereocenters. The van der Waals surface area contributed by atoms with E-state index in [4.69, 9.17) is 199 Å². The number of aromatic nitrogens is 9. The van der Waals surface area contributed by atoms with E-state index in [-0.39, 0.29) is 245 Å². The first-order chi connectivity index (χ1) is 66.5. The number of carbonyl (C=O) groups excluding carboxylic acids is 3. The minimum absolute atomic E-state index is 0.00147. The van der Waals surface area contributed by atoms with Crippen LogP contribution in [0.1, 0.15) is 163 Å². The maximum absolute atomic E-state index is 16.1. The lowest BCUT2D eigenvalue weighted by atomic mass is 10.00. The van der Waals surface area contributed by atoms with Crippen molar-refractivity contribution in [1.82, 2.24) is 58.3 Å². The van der Waals surface area contributed by atoms with Gasteiger partial charge < -0.3 is 44.7 Å². The van der Waals surface area contributed by atoms with Crippen LogP contribution in [-0.2, 0) is 14.4 Å². The Morgan fingerprint density at radius 2 is 0.645 bits per heavy atom. The topological polar surface area (TPSA) is 346 Å². The number of amides is 3. The third-order valence-electron chi connectivity index (χ3n) is 25.4. The predicted molar refractivity (Wildman–Crippen MR) is 565 cm³/mol. The number of hydrogen-bond donors (Lipinski definition) is 3. The van der Waals surface area contributed by atoms with E-state index >= 15 is 24.0 Å². The zero-order valence-electron chi connectivity index (χ0n) is 77.6. The standard InChI is InChI=1S/C99H83Cl15N18O9/c1-17-61(133)127-44(11)32-124(33-45(127)12)89-53-27-59(101)83(65-68(104)71(107)74(110)77(113)92(65)137)122-95(53)131(98(140)56(89)30-116)86-42(9)24-50(119-80(86)39(4)5)19-21-63(135)129-48(15)36-126(37-49(129)16)90-54-28-60(102)84(66-69(105)72(108)75(111)78(114)93(66)138)123-96(54)132(99(141)57(90)31-117)87-43(10)25-51(120-81(87)40(6)7)18-20-62(134)128-46(13)34-125(35-47(128)14)88-52-26-58(100)82(64-67(103)70(106)73(109)76(112)91(64)136)121-94(52)130(97(139)55(88)29-115)85-41(8)22-23-118-79(85)38(2)3/h17-28,38-40,44-49,136-138H,1,32-37H2,2-16H3/b20-18-,21-19-/t44-,45+,46-,47+,48-,49+. The Morgan fingerprint density at radius 1 is 0.383 bits per heavy atom. The average molecular weight is 2200 g/mol. The molecule has 42 heteroatoms. The van der Waals surface area contributed by atoms with Crippen LogP contribution in [0.25, 0.3) is 96.1 Å². The number of carbonyl (C=O) groups is 3. The highest BCUT2D eigenvalue weighted by Crippen LogP contribution is 2.56. The molecule has 3 aliphatic heterocycles. The Kier molecular flexibility index (Phi) is 30.1. The van der Waals surface area contributed by atoms with Gasteiger partial charge in [-0.05, 0) is 151 Å². The van der Waals surface area contributed by atoms with Crippen molar-refractivity contribution in [1.29, 1.82) is 15.8 Å². The van der Waals surface area contributed by atoms with Gasteiger partial charge in [-0.2, -0.15) is 15.8 Å². The number of benzene rings is 3. The molecule has 0 aliphatic carbocycles. The summed E-state index contributed by atoms with van der Waals surface area (Å²) in [5.41, 5.74) is -0.542. The average Bonchev–Trinajstić information content (AvgIpc) is 0.725.